The third kappa shape index (κ3) is 3.52. The fourth-order valence-corrected chi connectivity index (χ4v) is 2.52. The summed E-state index contributed by atoms with van der Waals surface area (Å²) in [5.41, 5.74) is -0.211. The van der Waals surface area contributed by atoms with Gasteiger partial charge in [-0.3, -0.25) is 0 Å². The van der Waals surface area contributed by atoms with Crippen LogP contribution in [0.5, 0.6) is 0 Å². The largest absolute Gasteiger partial charge is 0.467 e. The summed E-state index contributed by atoms with van der Waals surface area (Å²) in [6, 6.07) is 9.26. The number of amides is 1. The average Bonchev–Trinajstić information content (AvgIpc) is 2.48. The molecule has 1 aromatic rings. The van der Waals surface area contributed by atoms with E-state index in [0.29, 0.717) is 12.8 Å². The molecule has 6 heteroatoms. The molecule has 1 aromatic carbocycles. The van der Waals surface area contributed by atoms with E-state index in [2.05, 4.69) is 5.32 Å². The van der Waals surface area contributed by atoms with Gasteiger partial charge in [-0.1, -0.05) is 30.3 Å². The second-order valence-corrected chi connectivity index (χ2v) is 5.22. The van der Waals surface area contributed by atoms with Crippen LogP contribution in [0.4, 0.5) is 4.79 Å². The number of carbonyl (C=O) groups excluding carboxylic acids is 2. The standard InChI is InChI=1S/C15H19NO5/c1-20-13(18)15(7-12(8-15)9-17)16-14(19)21-10-11-5-3-2-4-6-11/h2-6,12,17H,7-10H2,1H3,(H,16,19). The van der Waals surface area contributed by atoms with E-state index >= 15 is 0 Å². The number of methoxy groups -OCH3 is 1. The molecule has 0 saturated heterocycles. The van der Waals surface area contributed by atoms with Crippen molar-refractivity contribution in [2.75, 3.05) is 13.7 Å². The zero-order chi connectivity index (χ0) is 15.3. The molecular formula is C15H19NO5. The molecule has 1 saturated carbocycles. The Morgan fingerprint density at radius 3 is 2.57 bits per heavy atom. The normalized spacial score (nSPS) is 23.8. The van der Waals surface area contributed by atoms with E-state index in [1.165, 1.54) is 7.11 Å². The van der Waals surface area contributed by atoms with E-state index < -0.39 is 17.6 Å². The molecule has 6 nitrogen and oxygen atoms in total. The lowest BCUT2D eigenvalue weighted by Gasteiger charge is -2.44. The molecule has 0 spiro atoms. The van der Waals surface area contributed by atoms with Crippen LogP contribution in [0.3, 0.4) is 0 Å². The topological polar surface area (TPSA) is 84.9 Å². The lowest BCUT2D eigenvalue weighted by molar-refractivity contribution is -0.155. The van der Waals surface area contributed by atoms with Crippen LogP contribution in [-0.2, 0) is 20.9 Å². The summed E-state index contributed by atoms with van der Waals surface area (Å²) in [4.78, 5) is 23.6. The van der Waals surface area contributed by atoms with E-state index in [4.69, 9.17) is 14.6 Å². The fraction of sp³-hybridized carbons (Fsp3) is 0.467. The van der Waals surface area contributed by atoms with Crippen molar-refractivity contribution in [1.82, 2.24) is 5.32 Å². The SMILES string of the molecule is COC(=O)C1(NC(=O)OCc2ccccc2)CC(CO)C1. The summed E-state index contributed by atoms with van der Waals surface area (Å²) < 4.78 is 9.83. The Morgan fingerprint density at radius 2 is 2.00 bits per heavy atom. The van der Waals surface area contributed by atoms with Gasteiger partial charge in [0.1, 0.15) is 12.1 Å². The highest BCUT2D eigenvalue weighted by atomic mass is 16.6. The Hall–Kier alpha value is -2.08. The minimum Gasteiger partial charge on any atom is -0.467 e. The lowest BCUT2D eigenvalue weighted by Crippen LogP contribution is -2.63. The predicted octanol–water partition coefficient (Wildman–Crippen LogP) is 1.23. The second kappa shape index (κ2) is 6.58. The second-order valence-electron chi connectivity index (χ2n) is 5.22. The van der Waals surface area contributed by atoms with Gasteiger partial charge in [0.2, 0.25) is 0 Å². The molecule has 0 aromatic heterocycles. The first kappa shape index (κ1) is 15.3. The van der Waals surface area contributed by atoms with Gasteiger partial charge in [0, 0.05) is 6.61 Å². The number of benzene rings is 1. The fourth-order valence-electron chi connectivity index (χ4n) is 2.52. The van der Waals surface area contributed by atoms with Gasteiger partial charge in [0.25, 0.3) is 0 Å². The molecule has 1 fully saturated rings. The Morgan fingerprint density at radius 1 is 1.33 bits per heavy atom. The molecule has 2 rings (SSSR count). The molecule has 0 unspecified atom stereocenters. The Kier molecular flexibility index (Phi) is 4.80. The van der Waals surface area contributed by atoms with Crippen molar-refractivity contribution in [1.29, 1.82) is 0 Å². The van der Waals surface area contributed by atoms with E-state index in [1.54, 1.807) is 0 Å². The number of hydrogen-bond acceptors (Lipinski definition) is 5. The van der Waals surface area contributed by atoms with E-state index in [0.717, 1.165) is 5.56 Å². The third-order valence-electron chi connectivity index (χ3n) is 3.66. The number of rotatable bonds is 5. The number of aliphatic hydroxyl groups excluding tert-OH is 1. The van der Waals surface area contributed by atoms with Gasteiger partial charge in [0.15, 0.2) is 0 Å². The first-order valence-electron chi connectivity index (χ1n) is 6.78. The summed E-state index contributed by atoms with van der Waals surface area (Å²) in [5, 5.41) is 11.6. The van der Waals surface area contributed by atoms with Gasteiger partial charge in [-0.05, 0) is 24.3 Å². The van der Waals surface area contributed by atoms with E-state index in [9.17, 15) is 9.59 Å². The van der Waals surface area contributed by atoms with Crippen molar-refractivity contribution in [3.63, 3.8) is 0 Å². The summed E-state index contributed by atoms with van der Waals surface area (Å²) in [5.74, 6) is -0.512. The molecule has 1 amide bonds. The molecule has 0 aliphatic heterocycles. The number of ether oxygens (including phenoxy) is 2. The molecule has 0 heterocycles. The Labute approximate surface area is 123 Å². The van der Waals surface area contributed by atoms with Crippen LogP contribution in [0, 0.1) is 5.92 Å². The van der Waals surface area contributed by atoms with Crippen molar-refractivity contribution >= 4 is 12.1 Å². The van der Waals surface area contributed by atoms with Crippen LogP contribution in [0.15, 0.2) is 30.3 Å². The lowest BCUT2D eigenvalue weighted by atomic mass is 9.68. The van der Waals surface area contributed by atoms with Crippen LogP contribution < -0.4 is 5.32 Å². The van der Waals surface area contributed by atoms with Gasteiger partial charge in [0.05, 0.1) is 7.11 Å². The number of nitrogens with one attached hydrogen (secondary N) is 1. The maximum absolute atomic E-state index is 11.8. The average molecular weight is 293 g/mol. The van der Waals surface area contributed by atoms with E-state index in [1.807, 2.05) is 30.3 Å². The zero-order valence-corrected chi connectivity index (χ0v) is 11.9. The van der Waals surface area contributed by atoms with Crippen molar-refractivity contribution in [2.45, 2.75) is 25.0 Å². The molecule has 1 aliphatic carbocycles. The number of carbonyl (C=O) groups is 2. The van der Waals surface area contributed by atoms with Gasteiger partial charge in [-0.2, -0.15) is 0 Å². The smallest absolute Gasteiger partial charge is 0.408 e. The minimum atomic E-state index is -1.07. The highest BCUT2D eigenvalue weighted by Crippen LogP contribution is 2.38. The third-order valence-corrected chi connectivity index (χ3v) is 3.66. The van der Waals surface area contributed by atoms with Gasteiger partial charge >= 0.3 is 12.1 Å². The minimum absolute atomic E-state index is 0.00137. The molecular weight excluding hydrogens is 274 g/mol. The summed E-state index contributed by atoms with van der Waals surface area (Å²) in [7, 11) is 1.27. The highest BCUT2D eigenvalue weighted by molar-refractivity contribution is 5.86. The van der Waals surface area contributed by atoms with Crippen LogP contribution in [0.2, 0.25) is 0 Å². The highest BCUT2D eigenvalue weighted by Gasteiger charge is 2.52. The van der Waals surface area contributed by atoms with Crippen LogP contribution >= 0.6 is 0 Å². The molecule has 0 radical (unpaired) electrons. The quantitative estimate of drug-likeness (QED) is 0.798. The van der Waals surface area contributed by atoms with Crippen LogP contribution in [0.1, 0.15) is 18.4 Å². The number of alkyl carbamates (subject to hydrolysis) is 1. The molecule has 21 heavy (non-hydrogen) atoms. The zero-order valence-electron chi connectivity index (χ0n) is 11.9. The predicted molar refractivity (Wildman–Crippen MR) is 74.3 cm³/mol. The number of esters is 1. The molecule has 0 bridgehead atoms. The summed E-state index contributed by atoms with van der Waals surface area (Å²) >= 11 is 0. The van der Waals surface area contributed by atoms with Crippen LogP contribution in [0.25, 0.3) is 0 Å². The number of aliphatic hydroxyl groups is 1. The Balaban J connectivity index is 1.89. The van der Waals surface area contributed by atoms with Crippen molar-refractivity contribution in [3.8, 4) is 0 Å². The first-order chi connectivity index (χ1) is 10.1. The molecule has 2 N–H and O–H groups in total. The van der Waals surface area contributed by atoms with Gasteiger partial charge < -0.3 is 19.9 Å². The molecule has 0 atom stereocenters. The summed E-state index contributed by atoms with van der Waals surface area (Å²) in [6.45, 7) is 0.118. The summed E-state index contributed by atoms with van der Waals surface area (Å²) in [6.07, 6.45) is 0.0494. The van der Waals surface area contributed by atoms with Gasteiger partial charge in [-0.25, -0.2) is 9.59 Å². The Bertz CT molecular complexity index is 496. The molecule has 1 aliphatic rings. The number of hydrogen-bond donors (Lipinski definition) is 2. The van der Waals surface area contributed by atoms with Crippen LogP contribution in [-0.4, -0.2) is 36.4 Å². The maximum atomic E-state index is 11.8. The molecule has 114 valence electrons. The van der Waals surface area contributed by atoms with Crippen molar-refractivity contribution in [3.05, 3.63) is 35.9 Å². The van der Waals surface area contributed by atoms with Gasteiger partial charge in [-0.15, -0.1) is 0 Å². The maximum Gasteiger partial charge on any atom is 0.408 e. The van der Waals surface area contributed by atoms with Crippen molar-refractivity contribution in [2.24, 2.45) is 5.92 Å². The van der Waals surface area contributed by atoms with Crippen molar-refractivity contribution < 1.29 is 24.2 Å². The first-order valence-corrected chi connectivity index (χ1v) is 6.78. The monoisotopic (exact) mass is 293 g/mol. The van der Waals surface area contributed by atoms with E-state index in [-0.39, 0.29) is 19.1 Å².